The summed E-state index contributed by atoms with van der Waals surface area (Å²) < 4.78 is 5.96. The fourth-order valence-corrected chi connectivity index (χ4v) is 2.76. The standard InChI is InChI=1S/C19H39NO2/c1-10-11-19(8,9)22-13-12-18(6,7)16(21)20-15(2)14-17(3,4)5/h15H,10-14H2,1-9H3,(H,20,21). The molecule has 22 heavy (non-hydrogen) atoms. The van der Waals surface area contributed by atoms with Crippen molar-refractivity contribution >= 4 is 5.91 Å². The molecular formula is C19H39NO2. The Morgan fingerprint density at radius 1 is 1.05 bits per heavy atom. The molecule has 132 valence electrons. The second kappa shape index (κ2) is 8.33. The van der Waals surface area contributed by atoms with Crippen LogP contribution in [0.3, 0.4) is 0 Å². The zero-order valence-corrected chi connectivity index (χ0v) is 16.4. The molecule has 0 aliphatic carbocycles. The van der Waals surface area contributed by atoms with Gasteiger partial charge in [-0.15, -0.1) is 0 Å². The van der Waals surface area contributed by atoms with Crippen LogP contribution in [0.2, 0.25) is 0 Å². The van der Waals surface area contributed by atoms with Crippen LogP contribution in [0.15, 0.2) is 0 Å². The molecule has 3 heteroatoms. The summed E-state index contributed by atoms with van der Waals surface area (Å²) in [6.07, 6.45) is 3.88. The van der Waals surface area contributed by atoms with E-state index in [2.05, 4.69) is 53.8 Å². The van der Waals surface area contributed by atoms with E-state index < -0.39 is 5.41 Å². The lowest BCUT2D eigenvalue weighted by Crippen LogP contribution is -2.43. The maximum Gasteiger partial charge on any atom is 0.225 e. The van der Waals surface area contributed by atoms with E-state index in [0.717, 1.165) is 25.7 Å². The highest BCUT2D eigenvalue weighted by molar-refractivity contribution is 5.82. The van der Waals surface area contributed by atoms with E-state index in [1.165, 1.54) is 0 Å². The molecule has 1 unspecified atom stereocenters. The van der Waals surface area contributed by atoms with Gasteiger partial charge in [-0.25, -0.2) is 0 Å². The van der Waals surface area contributed by atoms with Crippen molar-refractivity contribution in [2.24, 2.45) is 10.8 Å². The number of carbonyl (C=O) groups excluding carboxylic acids is 1. The monoisotopic (exact) mass is 313 g/mol. The van der Waals surface area contributed by atoms with Gasteiger partial charge in [-0.3, -0.25) is 4.79 Å². The maximum atomic E-state index is 12.5. The summed E-state index contributed by atoms with van der Waals surface area (Å²) in [6, 6.07) is 0.198. The zero-order chi connectivity index (χ0) is 17.6. The Bertz CT molecular complexity index is 340. The molecule has 0 fully saturated rings. The molecule has 1 atom stereocenters. The number of ether oxygens (including phenoxy) is 1. The Morgan fingerprint density at radius 3 is 2.05 bits per heavy atom. The van der Waals surface area contributed by atoms with Crippen LogP contribution in [0.1, 0.15) is 88.0 Å². The number of rotatable bonds is 9. The Morgan fingerprint density at radius 2 is 1.59 bits per heavy atom. The first-order valence-corrected chi connectivity index (χ1v) is 8.74. The number of carbonyl (C=O) groups is 1. The van der Waals surface area contributed by atoms with Crippen LogP contribution in [0.4, 0.5) is 0 Å². The predicted octanol–water partition coefficient (Wildman–Crippen LogP) is 4.94. The van der Waals surface area contributed by atoms with Gasteiger partial charge >= 0.3 is 0 Å². The Hall–Kier alpha value is -0.570. The normalized spacial score (nSPS) is 14.8. The van der Waals surface area contributed by atoms with Crippen LogP contribution in [0.5, 0.6) is 0 Å². The minimum Gasteiger partial charge on any atom is -0.376 e. The SMILES string of the molecule is CCCC(C)(C)OCCC(C)(C)C(=O)NC(C)CC(C)(C)C. The van der Waals surface area contributed by atoms with Gasteiger partial charge in [0.05, 0.1) is 5.60 Å². The summed E-state index contributed by atoms with van der Waals surface area (Å²) in [6.45, 7) is 19.7. The second-order valence-electron chi connectivity index (χ2n) is 9.13. The molecule has 0 aliphatic heterocycles. The summed E-state index contributed by atoms with van der Waals surface area (Å²) in [5, 5.41) is 3.16. The molecule has 0 aliphatic rings. The third kappa shape index (κ3) is 9.45. The maximum absolute atomic E-state index is 12.5. The van der Waals surface area contributed by atoms with Gasteiger partial charge in [0.15, 0.2) is 0 Å². The Balaban J connectivity index is 4.34. The summed E-state index contributed by atoms with van der Waals surface area (Å²) in [5.74, 6) is 0.126. The lowest BCUT2D eigenvalue weighted by molar-refractivity contribution is -0.132. The van der Waals surface area contributed by atoms with Crippen LogP contribution >= 0.6 is 0 Å². The number of amides is 1. The van der Waals surface area contributed by atoms with Gasteiger partial charge < -0.3 is 10.1 Å². The first kappa shape index (κ1) is 21.4. The Labute approximate surface area is 138 Å². The van der Waals surface area contributed by atoms with Gasteiger partial charge in [0, 0.05) is 18.1 Å². The highest BCUT2D eigenvalue weighted by atomic mass is 16.5. The van der Waals surface area contributed by atoms with Gasteiger partial charge in [-0.1, -0.05) is 48.0 Å². The molecule has 0 bridgehead atoms. The van der Waals surface area contributed by atoms with Crippen LogP contribution in [0, 0.1) is 10.8 Å². The molecule has 0 radical (unpaired) electrons. The van der Waals surface area contributed by atoms with Crippen molar-refractivity contribution < 1.29 is 9.53 Å². The smallest absolute Gasteiger partial charge is 0.225 e. The molecule has 0 heterocycles. The first-order chi connectivity index (χ1) is 9.79. The molecule has 1 amide bonds. The fourth-order valence-electron chi connectivity index (χ4n) is 2.76. The third-order valence-corrected chi connectivity index (χ3v) is 3.98. The lowest BCUT2D eigenvalue weighted by atomic mass is 9.86. The van der Waals surface area contributed by atoms with Crippen LogP contribution in [-0.4, -0.2) is 24.2 Å². The van der Waals surface area contributed by atoms with E-state index in [4.69, 9.17) is 4.74 Å². The van der Waals surface area contributed by atoms with Crippen LogP contribution in [-0.2, 0) is 9.53 Å². The molecule has 0 aromatic heterocycles. The molecule has 0 saturated heterocycles. The number of hydrogen-bond acceptors (Lipinski definition) is 2. The molecule has 3 nitrogen and oxygen atoms in total. The molecule has 0 aromatic rings. The van der Waals surface area contributed by atoms with E-state index in [1.54, 1.807) is 0 Å². The summed E-state index contributed by atoms with van der Waals surface area (Å²) in [4.78, 5) is 12.5. The molecule has 0 saturated carbocycles. The first-order valence-electron chi connectivity index (χ1n) is 8.74. The average molecular weight is 314 g/mol. The number of nitrogens with one attached hydrogen (secondary N) is 1. The van der Waals surface area contributed by atoms with Crippen molar-refractivity contribution in [3.05, 3.63) is 0 Å². The van der Waals surface area contributed by atoms with Crippen LogP contribution < -0.4 is 5.32 Å². The quantitative estimate of drug-likeness (QED) is 0.655. The van der Waals surface area contributed by atoms with Gasteiger partial charge in [-0.05, 0) is 45.4 Å². The average Bonchev–Trinajstić information content (AvgIpc) is 2.24. The van der Waals surface area contributed by atoms with Crippen molar-refractivity contribution in [1.29, 1.82) is 0 Å². The predicted molar refractivity (Wildman–Crippen MR) is 95.0 cm³/mol. The van der Waals surface area contributed by atoms with E-state index in [9.17, 15) is 4.79 Å². The molecule has 0 rings (SSSR count). The molecular weight excluding hydrogens is 274 g/mol. The molecule has 1 N–H and O–H groups in total. The summed E-state index contributed by atoms with van der Waals surface area (Å²) in [7, 11) is 0. The van der Waals surface area contributed by atoms with Crippen molar-refractivity contribution in [3.8, 4) is 0 Å². The van der Waals surface area contributed by atoms with Gasteiger partial charge in [0.25, 0.3) is 0 Å². The largest absolute Gasteiger partial charge is 0.376 e. The topological polar surface area (TPSA) is 38.3 Å². The summed E-state index contributed by atoms with van der Waals surface area (Å²) in [5.41, 5.74) is -0.264. The summed E-state index contributed by atoms with van der Waals surface area (Å²) >= 11 is 0. The lowest BCUT2D eigenvalue weighted by Gasteiger charge is -2.31. The minimum atomic E-state index is -0.394. The van der Waals surface area contributed by atoms with E-state index >= 15 is 0 Å². The van der Waals surface area contributed by atoms with Gasteiger partial charge in [0.2, 0.25) is 5.91 Å². The van der Waals surface area contributed by atoms with Gasteiger partial charge in [0.1, 0.15) is 0 Å². The number of hydrogen-bond donors (Lipinski definition) is 1. The fraction of sp³-hybridized carbons (Fsp3) is 0.947. The zero-order valence-electron chi connectivity index (χ0n) is 16.4. The molecule has 0 aromatic carbocycles. The van der Waals surface area contributed by atoms with E-state index in [1.807, 2.05) is 13.8 Å². The van der Waals surface area contributed by atoms with Crippen LogP contribution in [0.25, 0.3) is 0 Å². The van der Waals surface area contributed by atoms with Gasteiger partial charge in [-0.2, -0.15) is 0 Å². The Kier molecular flexibility index (Phi) is 8.11. The van der Waals surface area contributed by atoms with Crippen molar-refractivity contribution in [3.63, 3.8) is 0 Å². The minimum absolute atomic E-state index is 0.0964. The van der Waals surface area contributed by atoms with Crippen molar-refractivity contribution in [2.75, 3.05) is 6.61 Å². The second-order valence-corrected chi connectivity index (χ2v) is 9.13. The van der Waals surface area contributed by atoms with E-state index in [0.29, 0.717) is 6.61 Å². The highest BCUT2D eigenvalue weighted by Crippen LogP contribution is 2.25. The molecule has 0 spiro atoms. The van der Waals surface area contributed by atoms with Crippen molar-refractivity contribution in [1.82, 2.24) is 5.32 Å². The highest BCUT2D eigenvalue weighted by Gasteiger charge is 2.30. The van der Waals surface area contributed by atoms with E-state index in [-0.39, 0.29) is 23.0 Å². The third-order valence-electron chi connectivity index (χ3n) is 3.98. The van der Waals surface area contributed by atoms with Crippen molar-refractivity contribution in [2.45, 2.75) is 99.6 Å².